The molecule has 1 saturated heterocycles. The van der Waals surface area contributed by atoms with E-state index in [1.165, 1.54) is 51.5 Å². The first kappa shape index (κ1) is 14.3. The number of likely N-dealkylation sites (tertiary alicyclic amines) is 1. The van der Waals surface area contributed by atoms with Crippen LogP contribution in [0, 0.1) is 5.92 Å². The van der Waals surface area contributed by atoms with Crippen LogP contribution in [0.2, 0.25) is 0 Å². The van der Waals surface area contributed by atoms with Crippen LogP contribution in [-0.2, 0) is 0 Å². The lowest BCUT2D eigenvalue weighted by atomic mass is 9.94. The van der Waals surface area contributed by atoms with Gasteiger partial charge in [-0.15, -0.1) is 0 Å². The molecule has 1 aliphatic heterocycles. The fraction of sp³-hybridized carbons (Fsp3) is 1.00. The highest BCUT2D eigenvalue weighted by atomic mass is 15.2. The summed E-state index contributed by atoms with van der Waals surface area (Å²) in [4.78, 5) is 2.77. The highest BCUT2D eigenvalue weighted by Crippen LogP contribution is 2.30. The maximum Gasteiger partial charge on any atom is 0.00956 e. The quantitative estimate of drug-likeness (QED) is 0.806. The van der Waals surface area contributed by atoms with E-state index >= 15 is 0 Å². The van der Waals surface area contributed by atoms with Crippen LogP contribution >= 0.6 is 0 Å². The standard InChI is InChI=1S/C16H32N2/c1-4-17-16-10-6-9-15(16)11-12-18-13(2)7-5-8-14(18)3/h13-17H,4-12H2,1-3H3/t13-,14+,15?,16?. The van der Waals surface area contributed by atoms with Gasteiger partial charge in [-0.05, 0) is 65.0 Å². The van der Waals surface area contributed by atoms with Crippen molar-refractivity contribution in [3.05, 3.63) is 0 Å². The number of rotatable bonds is 5. The van der Waals surface area contributed by atoms with E-state index < -0.39 is 0 Å². The van der Waals surface area contributed by atoms with Gasteiger partial charge in [0.25, 0.3) is 0 Å². The lowest BCUT2D eigenvalue weighted by molar-refractivity contribution is 0.0943. The third-order valence-corrected chi connectivity index (χ3v) is 5.26. The first-order chi connectivity index (χ1) is 8.72. The maximum atomic E-state index is 3.69. The molecule has 0 aromatic carbocycles. The molecule has 0 aromatic rings. The topological polar surface area (TPSA) is 15.3 Å². The SMILES string of the molecule is CCNC1CCCC1CCN1[C@H](C)CCC[C@@H]1C. The van der Waals surface area contributed by atoms with Gasteiger partial charge in [0.1, 0.15) is 0 Å². The third kappa shape index (κ3) is 3.48. The summed E-state index contributed by atoms with van der Waals surface area (Å²) in [5.41, 5.74) is 0. The Balaban J connectivity index is 1.79. The van der Waals surface area contributed by atoms with E-state index in [0.29, 0.717) is 0 Å². The van der Waals surface area contributed by atoms with Crippen molar-refractivity contribution in [2.24, 2.45) is 5.92 Å². The molecular formula is C16H32N2. The second-order valence-electron chi connectivity index (χ2n) is 6.51. The Labute approximate surface area is 114 Å². The summed E-state index contributed by atoms with van der Waals surface area (Å²) in [6, 6.07) is 2.44. The highest BCUT2D eigenvalue weighted by Gasteiger charge is 2.29. The molecule has 0 radical (unpaired) electrons. The van der Waals surface area contributed by atoms with Crippen molar-refractivity contribution in [2.45, 2.75) is 83.8 Å². The van der Waals surface area contributed by atoms with Gasteiger partial charge in [-0.1, -0.05) is 19.8 Å². The van der Waals surface area contributed by atoms with Crippen LogP contribution in [0.1, 0.15) is 65.7 Å². The first-order valence-electron chi connectivity index (χ1n) is 8.21. The van der Waals surface area contributed by atoms with Crippen molar-refractivity contribution < 1.29 is 0 Å². The molecule has 18 heavy (non-hydrogen) atoms. The van der Waals surface area contributed by atoms with Gasteiger partial charge in [0.2, 0.25) is 0 Å². The van der Waals surface area contributed by atoms with Crippen molar-refractivity contribution in [1.29, 1.82) is 0 Å². The zero-order valence-corrected chi connectivity index (χ0v) is 12.6. The lowest BCUT2D eigenvalue weighted by Gasteiger charge is -2.39. The molecule has 2 rings (SSSR count). The lowest BCUT2D eigenvalue weighted by Crippen LogP contribution is -2.45. The number of hydrogen-bond acceptors (Lipinski definition) is 2. The third-order valence-electron chi connectivity index (χ3n) is 5.26. The number of nitrogens with zero attached hydrogens (tertiary/aromatic N) is 1. The van der Waals surface area contributed by atoms with Crippen molar-refractivity contribution in [1.82, 2.24) is 10.2 Å². The summed E-state index contributed by atoms with van der Waals surface area (Å²) in [5.74, 6) is 0.936. The van der Waals surface area contributed by atoms with Gasteiger partial charge < -0.3 is 5.32 Å². The summed E-state index contributed by atoms with van der Waals surface area (Å²) in [6.07, 6.45) is 9.96. The fourth-order valence-corrected chi connectivity index (χ4v) is 4.14. The molecule has 0 aromatic heterocycles. The van der Waals surface area contributed by atoms with E-state index in [1.807, 2.05) is 0 Å². The van der Waals surface area contributed by atoms with Crippen LogP contribution in [0.15, 0.2) is 0 Å². The molecule has 0 bridgehead atoms. The molecule has 0 amide bonds. The Morgan fingerprint density at radius 2 is 1.67 bits per heavy atom. The molecule has 0 spiro atoms. The summed E-state index contributed by atoms with van der Waals surface area (Å²) in [5, 5.41) is 3.69. The molecule has 4 atom stereocenters. The second kappa shape index (κ2) is 6.91. The van der Waals surface area contributed by atoms with Gasteiger partial charge in [-0.3, -0.25) is 4.90 Å². The Hall–Kier alpha value is -0.0800. The van der Waals surface area contributed by atoms with Crippen LogP contribution in [0.3, 0.4) is 0 Å². The van der Waals surface area contributed by atoms with Crippen LogP contribution in [-0.4, -0.2) is 36.1 Å². The van der Waals surface area contributed by atoms with E-state index in [4.69, 9.17) is 0 Å². The zero-order chi connectivity index (χ0) is 13.0. The van der Waals surface area contributed by atoms with E-state index in [0.717, 1.165) is 30.6 Å². The predicted octanol–water partition coefficient (Wildman–Crippen LogP) is 3.42. The summed E-state index contributed by atoms with van der Waals surface area (Å²) >= 11 is 0. The molecule has 106 valence electrons. The largest absolute Gasteiger partial charge is 0.314 e. The van der Waals surface area contributed by atoms with E-state index in [9.17, 15) is 0 Å². The van der Waals surface area contributed by atoms with Gasteiger partial charge in [0.05, 0.1) is 0 Å². The molecule has 1 heterocycles. The zero-order valence-electron chi connectivity index (χ0n) is 12.6. The minimum absolute atomic E-state index is 0.811. The number of nitrogens with one attached hydrogen (secondary N) is 1. The van der Waals surface area contributed by atoms with E-state index in [1.54, 1.807) is 0 Å². The summed E-state index contributed by atoms with van der Waals surface area (Å²) in [7, 11) is 0. The number of piperidine rings is 1. The molecule has 1 N–H and O–H groups in total. The van der Waals surface area contributed by atoms with E-state index in [-0.39, 0.29) is 0 Å². The molecular weight excluding hydrogens is 220 g/mol. The maximum absolute atomic E-state index is 3.69. The van der Waals surface area contributed by atoms with Crippen LogP contribution < -0.4 is 5.32 Å². The van der Waals surface area contributed by atoms with Gasteiger partial charge in [-0.2, -0.15) is 0 Å². The Kier molecular flexibility index (Phi) is 5.50. The molecule has 2 unspecified atom stereocenters. The van der Waals surface area contributed by atoms with Gasteiger partial charge in [0, 0.05) is 18.1 Å². The van der Waals surface area contributed by atoms with Crippen molar-refractivity contribution >= 4 is 0 Å². The minimum atomic E-state index is 0.811. The van der Waals surface area contributed by atoms with Crippen LogP contribution in [0.4, 0.5) is 0 Å². The summed E-state index contributed by atoms with van der Waals surface area (Å²) in [6.45, 7) is 9.55. The normalized spacial score (nSPS) is 38.2. The number of hydrogen-bond donors (Lipinski definition) is 1. The molecule has 1 aliphatic carbocycles. The highest BCUT2D eigenvalue weighted by molar-refractivity contribution is 4.86. The van der Waals surface area contributed by atoms with Gasteiger partial charge in [-0.25, -0.2) is 0 Å². The van der Waals surface area contributed by atoms with E-state index in [2.05, 4.69) is 31.0 Å². The summed E-state index contributed by atoms with van der Waals surface area (Å²) < 4.78 is 0. The molecule has 1 saturated carbocycles. The Morgan fingerprint density at radius 1 is 1.00 bits per heavy atom. The molecule has 2 fully saturated rings. The fourth-order valence-electron chi connectivity index (χ4n) is 4.14. The molecule has 2 heteroatoms. The monoisotopic (exact) mass is 252 g/mol. The van der Waals surface area contributed by atoms with Crippen molar-refractivity contribution in [2.75, 3.05) is 13.1 Å². The average Bonchev–Trinajstić information content (AvgIpc) is 2.77. The second-order valence-corrected chi connectivity index (χ2v) is 6.51. The van der Waals surface area contributed by atoms with Gasteiger partial charge in [0.15, 0.2) is 0 Å². The molecule has 2 nitrogen and oxygen atoms in total. The Bertz CT molecular complexity index is 231. The van der Waals surface area contributed by atoms with Crippen molar-refractivity contribution in [3.8, 4) is 0 Å². The van der Waals surface area contributed by atoms with Crippen LogP contribution in [0.5, 0.6) is 0 Å². The average molecular weight is 252 g/mol. The molecule has 2 aliphatic rings. The van der Waals surface area contributed by atoms with Gasteiger partial charge >= 0.3 is 0 Å². The van der Waals surface area contributed by atoms with Crippen molar-refractivity contribution in [3.63, 3.8) is 0 Å². The van der Waals surface area contributed by atoms with Crippen LogP contribution in [0.25, 0.3) is 0 Å². The minimum Gasteiger partial charge on any atom is -0.314 e. The first-order valence-corrected chi connectivity index (χ1v) is 8.21. The predicted molar refractivity (Wildman–Crippen MR) is 78.9 cm³/mol. The Morgan fingerprint density at radius 3 is 2.33 bits per heavy atom. The smallest absolute Gasteiger partial charge is 0.00956 e.